The van der Waals surface area contributed by atoms with Gasteiger partial charge in [-0.05, 0) is 0 Å². The van der Waals surface area contributed by atoms with Crippen molar-refractivity contribution in [2.45, 2.75) is 10.9 Å². The minimum Gasteiger partial charge on any atom is -0.480 e. The van der Waals surface area contributed by atoms with E-state index >= 15 is 0 Å². The Morgan fingerprint density at radius 1 is 1.76 bits per heavy atom. The molecule has 0 aliphatic carbocycles. The second kappa shape index (κ2) is 5.75. The van der Waals surface area contributed by atoms with Gasteiger partial charge in [-0.1, -0.05) is 12.2 Å². The van der Waals surface area contributed by atoms with Crippen LogP contribution in [0.3, 0.4) is 0 Å². The van der Waals surface area contributed by atoms with Crippen LogP contribution >= 0.6 is 24.0 Å². The Kier molecular flexibility index (Phi) is 4.61. The Morgan fingerprint density at radius 2 is 2.41 bits per heavy atom. The summed E-state index contributed by atoms with van der Waals surface area (Å²) < 4.78 is 0.318. The second-order valence-corrected chi connectivity index (χ2v) is 4.53. The molecule has 1 atom stereocenters. The lowest BCUT2D eigenvalue weighted by molar-refractivity contribution is -0.385. The number of nitrogens with two attached hydrogens (primary N) is 1. The average molecular weight is 275 g/mol. The number of aromatic amines is 1. The molecule has 0 amide bonds. The van der Waals surface area contributed by atoms with Crippen LogP contribution in [0.15, 0.2) is 17.2 Å². The van der Waals surface area contributed by atoms with Crippen LogP contribution in [0.5, 0.6) is 0 Å². The number of hydrogen-bond donors (Lipinski definition) is 3. The molecule has 0 fully saturated rings. The Balaban J connectivity index is 2.83. The number of pyridine rings is 1. The lowest BCUT2D eigenvalue weighted by Crippen LogP contribution is -2.32. The van der Waals surface area contributed by atoms with Crippen LogP contribution < -0.4 is 5.73 Å². The number of H-pyrrole nitrogens is 1. The molecule has 0 spiro atoms. The molecule has 0 radical (unpaired) electrons. The van der Waals surface area contributed by atoms with Gasteiger partial charge in [-0.2, -0.15) is 0 Å². The first-order valence-electron chi connectivity index (χ1n) is 4.40. The fourth-order valence-corrected chi connectivity index (χ4v) is 2.11. The standard InChI is InChI=1S/C8H9N3O4S2/c9-5(8(12)13)3-17-6-1-4(11(14)15)2-10-7(6)16/h1-2,5H,3,9H2,(H,10,16)(H,12,13)/t5-/m0/s1. The number of nitro groups is 1. The molecule has 0 saturated heterocycles. The van der Waals surface area contributed by atoms with Gasteiger partial charge in [0, 0.05) is 16.7 Å². The van der Waals surface area contributed by atoms with Crippen LogP contribution in [0.4, 0.5) is 5.69 Å². The lowest BCUT2D eigenvalue weighted by Gasteiger charge is -2.05. The predicted octanol–water partition coefficient (Wildman–Crippen LogP) is 1.16. The van der Waals surface area contributed by atoms with Crippen LogP contribution in [-0.4, -0.2) is 32.8 Å². The normalized spacial score (nSPS) is 12.1. The van der Waals surface area contributed by atoms with Gasteiger partial charge in [0.15, 0.2) is 0 Å². The Bertz CT molecular complexity index is 502. The minimum absolute atomic E-state index is 0.0913. The molecule has 7 nitrogen and oxygen atoms in total. The molecule has 1 aromatic rings. The summed E-state index contributed by atoms with van der Waals surface area (Å²) in [4.78, 5) is 23.5. The van der Waals surface area contributed by atoms with E-state index in [0.717, 1.165) is 11.8 Å². The number of carboxylic acid groups (broad SMARTS) is 1. The molecule has 92 valence electrons. The number of carbonyl (C=O) groups is 1. The van der Waals surface area contributed by atoms with Crippen LogP contribution in [0.1, 0.15) is 0 Å². The number of hydrogen-bond acceptors (Lipinski definition) is 6. The number of thioether (sulfide) groups is 1. The van der Waals surface area contributed by atoms with Gasteiger partial charge in [0.2, 0.25) is 0 Å². The number of nitrogens with zero attached hydrogens (tertiary/aromatic N) is 1. The summed E-state index contributed by atoms with van der Waals surface area (Å²) in [5.74, 6) is -1.04. The molecule has 0 saturated carbocycles. The molecule has 0 aromatic carbocycles. The lowest BCUT2D eigenvalue weighted by atomic mass is 10.4. The molecule has 0 aliphatic rings. The summed E-state index contributed by atoms with van der Waals surface area (Å²) in [5.41, 5.74) is 5.18. The van der Waals surface area contributed by atoms with Crippen molar-refractivity contribution >= 4 is 35.6 Å². The van der Waals surface area contributed by atoms with Crippen LogP contribution in [0, 0.1) is 14.8 Å². The predicted molar refractivity (Wildman–Crippen MR) is 64.6 cm³/mol. The molecule has 0 unspecified atom stereocenters. The molecule has 1 heterocycles. The van der Waals surface area contributed by atoms with Crippen LogP contribution in [-0.2, 0) is 4.79 Å². The first-order chi connectivity index (χ1) is 7.91. The van der Waals surface area contributed by atoms with Gasteiger partial charge in [0.25, 0.3) is 5.69 Å². The fraction of sp³-hybridized carbons (Fsp3) is 0.250. The molecular formula is C8H9N3O4S2. The maximum Gasteiger partial charge on any atom is 0.321 e. The van der Waals surface area contributed by atoms with Crippen molar-refractivity contribution in [1.29, 1.82) is 0 Å². The molecule has 0 bridgehead atoms. The first-order valence-corrected chi connectivity index (χ1v) is 5.79. The third-order valence-corrected chi connectivity index (χ3v) is 3.43. The van der Waals surface area contributed by atoms with Crippen molar-refractivity contribution in [2.24, 2.45) is 5.73 Å². The summed E-state index contributed by atoms with van der Waals surface area (Å²) in [6.45, 7) is 0. The summed E-state index contributed by atoms with van der Waals surface area (Å²) in [6.07, 6.45) is 1.18. The fourth-order valence-electron chi connectivity index (χ4n) is 0.916. The number of aromatic nitrogens is 1. The van der Waals surface area contributed by atoms with Gasteiger partial charge in [0.05, 0.1) is 11.1 Å². The summed E-state index contributed by atoms with van der Waals surface area (Å²) >= 11 is 6.00. The zero-order valence-corrected chi connectivity index (χ0v) is 10.1. The molecule has 17 heavy (non-hydrogen) atoms. The number of aliphatic carboxylic acids is 1. The van der Waals surface area contributed by atoms with E-state index in [2.05, 4.69) is 4.98 Å². The number of rotatable bonds is 5. The minimum atomic E-state index is -1.13. The number of nitrogens with one attached hydrogen (secondary N) is 1. The average Bonchev–Trinajstić information content (AvgIpc) is 2.26. The van der Waals surface area contributed by atoms with E-state index in [-0.39, 0.29) is 11.4 Å². The van der Waals surface area contributed by atoms with E-state index in [4.69, 9.17) is 23.1 Å². The van der Waals surface area contributed by atoms with Gasteiger partial charge in [-0.25, -0.2) is 0 Å². The highest BCUT2D eigenvalue weighted by atomic mass is 32.2. The highest BCUT2D eigenvalue weighted by Gasteiger charge is 2.14. The third kappa shape index (κ3) is 3.80. The molecule has 1 aromatic heterocycles. The highest BCUT2D eigenvalue weighted by Crippen LogP contribution is 2.23. The van der Waals surface area contributed by atoms with Crippen LogP contribution in [0.2, 0.25) is 0 Å². The van der Waals surface area contributed by atoms with Crippen molar-refractivity contribution in [3.8, 4) is 0 Å². The van der Waals surface area contributed by atoms with E-state index in [9.17, 15) is 14.9 Å². The molecule has 9 heteroatoms. The van der Waals surface area contributed by atoms with E-state index in [1.165, 1.54) is 12.3 Å². The van der Waals surface area contributed by atoms with Crippen LogP contribution in [0.25, 0.3) is 0 Å². The summed E-state index contributed by atoms with van der Waals surface area (Å²) in [5, 5.41) is 19.1. The van der Waals surface area contributed by atoms with Gasteiger partial charge < -0.3 is 15.8 Å². The SMILES string of the molecule is N[C@@H](CSc1cc([N+](=O)[O-])c[nH]c1=S)C(=O)O. The topological polar surface area (TPSA) is 122 Å². The van der Waals surface area contributed by atoms with E-state index in [1.807, 2.05) is 0 Å². The zero-order chi connectivity index (χ0) is 13.0. The van der Waals surface area contributed by atoms with Crippen molar-refractivity contribution in [3.63, 3.8) is 0 Å². The highest BCUT2D eigenvalue weighted by molar-refractivity contribution is 7.99. The molecule has 4 N–H and O–H groups in total. The van der Waals surface area contributed by atoms with Crippen molar-refractivity contribution in [1.82, 2.24) is 4.98 Å². The quantitative estimate of drug-likeness (QED) is 0.319. The van der Waals surface area contributed by atoms with Gasteiger partial charge >= 0.3 is 5.97 Å². The van der Waals surface area contributed by atoms with E-state index in [0.29, 0.717) is 9.54 Å². The maximum absolute atomic E-state index is 10.5. The van der Waals surface area contributed by atoms with Gasteiger partial charge in [-0.15, -0.1) is 11.8 Å². The molecule has 1 rings (SSSR count). The van der Waals surface area contributed by atoms with Crippen molar-refractivity contribution in [3.05, 3.63) is 27.0 Å². The van der Waals surface area contributed by atoms with Crippen molar-refractivity contribution in [2.75, 3.05) is 5.75 Å². The van der Waals surface area contributed by atoms with Crippen molar-refractivity contribution < 1.29 is 14.8 Å². The monoisotopic (exact) mass is 275 g/mol. The smallest absolute Gasteiger partial charge is 0.321 e. The Morgan fingerprint density at radius 3 is 2.94 bits per heavy atom. The zero-order valence-electron chi connectivity index (χ0n) is 8.45. The third-order valence-electron chi connectivity index (χ3n) is 1.80. The second-order valence-electron chi connectivity index (χ2n) is 3.06. The Hall–Kier alpha value is -1.45. The first kappa shape index (κ1) is 13.6. The number of carboxylic acids is 1. The molecule has 0 aliphatic heterocycles. The van der Waals surface area contributed by atoms with E-state index in [1.54, 1.807) is 0 Å². The molecular weight excluding hydrogens is 266 g/mol. The summed E-state index contributed by atoms with van der Waals surface area (Å²) in [7, 11) is 0. The largest absolute Gasteiger partial charge is 0.480 e. The maximum atomic E-state index is 10.5. The van der Waals surface area contributed by atoms with E-state index < -0.39 is 16.9 Å². The van der Waals surface area contributed by atoms with Gasteiger partial charge in [0.1, 0.15) is 10.7 Å². The van der Waals surface area contributed by atoms with Gasteiger partial charge in [-0.3, -0.25) is 14.9 Å². The summed E-state index contributed by atoms with van der Waals surface area (Å²) in [6, 6.07) is 0.256. The Labute approximate surface area is 105 Å².